The number of aromatic nitrogens is 1. The van der Waals surface area contributed by atoms with Crippen molar-refractivity contribution in [2.75, 3.05) is 11.4 Å². The van der Waals surface area contributed by atoms with E-state index >= 15 is 0 Å². The predicted molar refractivity (Wildman–Crippen MR) is 79.0 cm³/mol. The molecular weight excluding hydrogens is 252 g/mol. The van der Waals surface area contributed by atoms with Gasteiger partial charge in [-0.1, -0.05) is 18.2 Å². The van der Waals surface area contributed by atoms with Crippen LogP contribution in [0, 0.1) is 0 Å². The Balaban J connectivity index is 2.02. The number of hydrogen-bond acceptors (Lipinski definition) is 2. The zero-order chi connectivity index (χ0) is 14.1. The van der Waals surface area contributed by atoms with Crippen LogP contribution in [-0.2, 0) is 7.05 Å². The Hall–Kier alpha value is -2.49. The summed E-state index contributed by atoms with van der Waals surface area (Å²) in [5.74, 6) is -0.0207. The lowest BCUT2D eigenvalue weighted by molar-refractivity contribution is 0.0981. The maximum Gasteiger partial charge on any atom is 0.275 e. The Morgan fingerprint density at radius 3 is 2.65 bits per heavy atom. The Morgan fingerprint density at radius 2 is 2.00 bits per heavy atom. The molecule has 4 heteroatoms. The molecule has 0 spiro atoms. The van der Waals surface area contributed by atoms with Crippen molar-refractivity contribution >= 4 is 22.7 Å². The molecule has 3 rings (SSSR count). The second-order valence-electron chi connectivity index (χ2n) is 4.64. The number of fused-ring (bicyclic) bond motifs is 1. The van der Waals surface area contributed by atoms with Crippen LogP contribution in [0.2, 0.25) is 0 Å². The van der Waals surface area contributed by atoms with Gasteiger partial charge in [-0.05, 0) is 19.1 Å². The van der Waals surface area contributed by atoms with Gasteiger partial charge in [-0.15, -0.1) is 0 Å². The zero-order valence-electron chi connectivity index (χ0n) is 11.5. The minimum atomic E-state index is -0.0207. The molecular formula is C16H16N2O2. The predicted octanol–water partition coefficient (Wildman–Crippen LogP) is 3.44. The standard InChI is InChI=1S/C16H16N2O2/c1-3-18(12-7-5-4-6-8-12)16(19)14-11-15-13(17(14)2)9-10-20-15/h4-11H,3H2,1-2H3. The van der Waals surface area contributed by atoms with Gasteiger partial charge in [0, 0.05) is 31.4 Å². The summed E-state index contributed by atoms with van der Waals surface area (Å²) in [6.07, 6.45) is 1.63. The lowest BCUT2D eigenvalue weighted by atomic mass is 10.2. The van der Waals surface area contributed by atoms with Crippen LogP contribution in [0.3, 0.4) is 0 Å². The number of benzene rings is 1. The summed E-state index contributed by atoms with van der Waals surface area (Å²) >= 11 is 0. The average Bonchev–Trinajstić information content (AvgIpc) is 3.04. The van der Waals surface area contributed by atoms with Gasteiger partial charge >= 0.3 is 0 Å². The molecule has 0 radical (unpaired) electrons. The van der Waals surface area contributed by atoms with E-state index < -0.39 is 0 Å². The fourth-order valence-corrected chi connectivity index (χ4v) is 2.44. The van der Waals surface area contributed by atoms with E-state index in [1.165, 1.54) is 0 Å². The number of furan rings is 1. The van der Waals surface area contributed by atoms with Gasteiger partial charge in [0.1, 0.15) is 5.69 Å². The lowest BCUT2D eigenvalue weighted by Gasteiger charge is -2.21. The Morgan fingerprint density at radius 1 is 1.25 bits per heavy atom. The molecule has 0 unspecified atom stereocenters. The van der Waals surface area contributed by atoms with Crippen LogP contribution >= 0.6 is 0 Å². The molecule has 2 heterocycles. The van der Waals surface area contributed by atoms with Gasteiger partial charge in [0.05, 0.1) is 11.8 Å². The molecule has 0 aliphatic rings. The third kappa shape index (κ3) is 1.90. The fourth-order valence-electron chi connectivity index (χ4n) is 2.44. The molecule has 20 heavy (non-hydrogen) atoms. The van der Waals surface area contributed by atoms with Gasteiger partial charge in [0.25, 0.3) is 5.91 Å². The number of aryl methyl sites for hydroxylation is 1. The van der Waals surface area contributed by atoms with Crippen molar-refractivity contribution in [3.63, 3.8) is 0 Å². The third-order valence-corrected chi connectivity index (χ3v) is 3.51. The summed E-state index contributed by atoms with van der Waals surface area (Å²) in [5.41, 5.74) is 3.19. The van der Waals surface area contributed by atoms with Crippen LogP contribution < -0.4 is 4.90 Å². The zero-order valence-corrected chi connectivity index (χ0v) is 11.5. The number of rotatable bonds is 3. The highest BCUT2D eigenvalue weighted by Crippen LogP contribution is 2.23. The smallest absolute Gasteiger partial charge is 0.275 e. The van der Waals surface area contributed by atoms with Crippen molar-refractivity contribution in [1.82, 2.24) is 4.57 Å². The first-order valence-electron chi connectivity index (χ1n) is 6.62. The van der Waals surface area contributed by atoms with Crippen molar-refractivity contribution in [3.05, 3.63) is 54.4 Å². The summed E-state index contributed by atoms with van der Waals surface area (Å²) in [6, 6.07) is 13.3. The second-order valence-corrected chi connectivity index (χ2v) is 4.64. The lowest BCUT2D eigenvalue weighted by Crippen LogP contribution is -2.31. The molecule has 4 nitrogen and oxygen atoms in total. The second kappa shape index (κ2) is 4.89. The maximum atomic E-state index is 12.7. The summed E-state index contributed by atoms with van der Waals surface area (Å²) in [6.45, 7) is 2.59. The van der Waals surface area contributed by atoms with Crippen LogP contribution in [0.1, 0.15) is 17.4 Å². The van der Waals surface area contributed by atoms with E-state index in [4.69, 9.17) is 4.42 Å². The topological polar surface area (TPSA) is 38.4 Å². The molecule has 102 valence electrons. The number of carbonyl (C=O) groups is 1. The highest BCUT2D eigenvalue weighted by molar-refractivity contribution is 6.07. The van der Waals surface area contributed by atoms with Crippen LogP contribution in [0.4, 0.5) is 5.69 Å². The summed E-state index contributed by atoms with van der Waals surface area (Å²) in [5, 5.41) is 0. The summed E-state index contributed by atoms with van der Waals surface area (Å²) < 4.78 is 7.22. The Bertz CT molecular complexity index is 740. The molecule has 0 aliphatic carbocycles. The first-order valence-corrected chi connectivity index (χ1v) is 6.62. The van der Waals surface area contributed by atoms with E-state index in [0.717, 1.165) is 16.8 Å². The van der Waals surface area contributed by atoms with Crippen molar-refractivity contribution in [2.45, 2.75) is 6.92 Å². The molecule has 2 aromatic heterocycles. The molecule has 3 aromatic rings. The van der Waals surface area contributed by atoms with E-state index in [2.05, 4.69) is 0 Å². The number of nitrogens with zero attached hydrogens (tertiary/aromatic N) is 2. The minimum Gasteiger partial charge on any atom is -0.463 e. The Kier molecular flexibility index (Phi) is 3.06. The molecule has 0 aliphatic heterocycles. The van der Waals surface area contributed by atoms with E-state index in [-0.39, 0.29) is 5.91 Å². The molecule has 0 saturated heterocycles. The van der Waals surface area contributed by atoms with Crippen molar-refractivity contribution in [1.29, 1.82) is 0 Å². The molecule has 0 atom stereocenters. The third-order valence-electron chi connectivity index (χ3n) is 3.51. The van der Waals surface area contributed by atoms with Crippen LogP contribution in [-0.4, -0.2) is 17.0 Å². The number of amides is 1. The van der Waals surface area contributed by atoms with Crippen molar-refractivity contribution in [3.8, 4) is 0 Å². The fraction of sp³-hybridized carbons (Fsp3) is 0.188. The van der Waals surface area contributed by atoms with E-state index in [1.807, 2.05) is 54.9 Å². The van der Waals surface area contributed by atoms with Crippen molar-refractivity contribution < 1.29 is 9.21 Å². The SMILES string of the molecule is CCN(C(=O)c1cc2occc2n1C)c1ccccc1. The molecule has 0 N–H and O–H groups in total. The quantitative estimate of drug-likeness (QED) is 0.730. The Labute approximate surface area is 117 Å². The molecule has 0 bridgehead atoms. The van der Waals surface area contributed by atoms with Crippen LogP contribution in [0.25, 0.3) is 11.1 Å². The van der Waals surface area contributed by atoms with E-state index in [1.54, 1.807) is 17.2 Å². The van der Waals surface area contributed by atoms with Crippen molar-refractivity contribution in [2.24, 2.45) is 7.05 Å². The number of hydrogen-bond donors (Lipinski definition) is 0. The van der Waals surface area contributed by atoms with Gasteiger partial charge in [-0.25, -0.2) is 0 Å². The number of anilines is 1. The van der Waals surface area contributed by atoms with Gasteiger partial charge in [0.15, 0.2) is 5.58 Å². The first kappa shape index (κ1) is 12.5. The largest absolute Gasteiger partial charge is 0.463 e. The summed E-state index contributed by atoms with van der Waals surface area (Å²) in [7, 11) is 1.88. The molecule has 0 saturated carbocycles. The monoisotopic (exact) mass is 268 g/mol. The highest BCUT2D eigenvalue weighted by atomic mass is 16.3. The normalized spacial score (nSPS) is 10.9. The number of para-hydroxylation sites is 1. The maximum absolute atomic E-state index is 12.7. The van der Waals surface area contributed by atoms with Crippen LogP contribution in [0.5, 0.6) is 0 Å². The summed E-state index contributed by atoms with van der Waals surface area (Å²) in [4.78, 5) is 14.5. The highest BCUT2D eigenvalue weighted by Gasteiger charge is 2.21. The molecule has 1 amide bonds. The van der Waals surface area contributed by atoms with Crippen LogP contribution in [0.15, 0.2) is 53.1 Å². The average molecular weight is 268 g/mol. The molecule has 0 fully saturated rings. The van der Waals surface area contributed by atoms with Gasteiger partial charge in [-0.3, -0.25) is 4.79 Å². The minimum absolute atomic E-state index is 0.0207. The van der Waals surface area contributed by atoms with E-state index in [0.29, 0.717) is 12.2 Å². The van der Waals surface area contributed by atoms with Gasteiger partial charge in [0.2, 0.25) is 0 Å². The molecule has 1 aromatic carbocycles. The van der Waals surface area contributed by atoms with Gasteiger partial charge in [-0.2, -0.15) is 0 Å². The first-order chi connectivity index (χ1) is 9.72. The van der Waals surface area contributed by atoms with E-state index in [9.17, 15) is 4.79 Å². The number of carbonyl (C=O) groups excluding carboxylic acids is 1. The van der Waals surface area contributed by atoms with Gasteiger partial charge < -0.3 is 13.9 Å².